The first-order chi connectivity index (χ1) is 13.5. The Morgan fingerprint density at radius 1 is 0.893 bits per heavy atom. The number of nitrogens with one attached hydrogen (secondary N) is 1. The van der Waals surface area contributed by atoms with Crippen molar-refractivity contribution in [2.45, 2.75) is 108 Å². The summed E-state index contributed by atoms with van der Waals surface area (Å²) in [6, 6.07) is 8.06. The second-order valence-corrected chi connectivity index (χ2v) is 9.24. The Balaban J connectivity index is 2.28. The molecule has 0 saturated heterocycles. The van der Waals surface area contributed by atoms with Crippen molar-refractivity contribution in [3.8, 4) is 0 Å². The zero-order valence-electron chi connectivity index (χ0n) is 17.7. The molecule has 0 saturated carbocycles. The van der Waals surface area contributed by atoms with Crippen LogP contribution in [0.15, 0.2) is 35.2 Å². The molecule has 0 fully saturated rings. The average molecular weight is 413 g/mol. The molecule has 1 rings (SSSR count). The van der Waals surface area contributed by atoms with Gasteiger partial charge in [-0.1, -0.05) is 101 Å². The molecule has 0 aromatic heterocycles. The van der Waals surface area contributed by atoms with Crippen LogP contribution in [0.4, 0.5) is 0 Å². The van der Waals surface area contributed by atoms with Crippen LogP contribution in [-0.4, -0.2) is 20.6 Å². The Bertz CT molecular complexity index is 593. The van der Waals surface area contributed by atoms with Crippen LogP contribution in [0.3, 0.4) is 0 Å². The molecule has 5 nitrogen and oxygen atoms in total. The van der Waals surface area contributed by atoms with Crippen LogP contribution in [0.25, 0.3) is 0 Å². The Morgan fingerprint density at radius 2 is 1.43 bits per heavy atom. The van der Waals surface area contributed by atoms with Gasteiger partial charge in [-0.3, -0.25) is 4.84 Å². The maximum atomic E-state index is 12.3. The first-order valence-electron chi connectivity index (χ1n) is 11.0. The standard InChI is InChI=1S/C22H40N2O3S/c1-3-5-6-7-8-9-10-11-12-16-19-22(21(23)4-2)27-24-28(25,26)20-17-14-13-15-18-20/h13-15,17-18,21-22,24H,3-12,16,19,23H2,1-2H3. The van der Waals surface area contributed by atoms with Gasteiger partial charge in [-0.2, -0.15) is 0 Å². The summed E-state index contributed by atoms with van der Waals surface area (Å²) in [5.74, 6) is 0. The Labute approximate surface area is 172 Å². The van der Waals surface area contributed by atoms with Gasteiger partial charge in [-0.15, -0.1) is 0 Å². The van der Waals surface area contributed by atoms with E-state index in [1.807, 2.05) is 6.92 Å². The average Bonchev–Trinajstić information content (AvgIpc) is 2.71. The van der Waals surface area contributed by atoms with Gasteiger partial charge >= 0.3 is 0 Å². The lowest BCUT2D eigenvalue weighted by molar-refractivity contribution is -0.00510. The molecule has 0 radical (unpaired) electrons. The monoisotopic (exact) mass is 412 g/mol. The molecule has 28 heavy (non-hydrogen) atoms. The van der Waals surface area contributed by atoms with E-state index in [0.717, 1.165) is 25.7 Å². The number of unbranched alkanes of at least 4 members (excludes halogenated alkanes) is 9. The number of nitrogens with two attached hydrogens (primary N) is 1. The minimum Gasteiger partial charge on any atom is -0.325 e. The van der Waals surface area contributed by atoms with E-state index in [4.69, 9.17) is 10.6 Å². The van der Waals surface area contributed by atoms with Gasteiger partial charge in [-0.25, -0.2) is 8.42 Å². The highest BCUT2D eigenvalue weighted by Gasteiger charge is 2.21. The zero-order valence-corrected chi connectivity index (χ0v) is 18.6. The lowest BCUT2D eigenvalue weighted by Gasteiger charge is -2.23. The molecule has 1 aromatic carbocycles. The van der Waals surface area contributed by atoms with Gasteiger partial charge in [0, 0.05) is 6.04 Å². The summed E-state index contributed by atoms with van der Waals surface area (Å²) in [7, 11) is -3.68. The third-order valence-electron chi connectivity index (χ3n) is 5.15. The molecular weight excluding hydrogens is 372 g/mol. The van der Waals surface area contributed by atoms with Crippen LogP contribution in [0.1, 0.15) is 90.9 Å². The molecule has 0 aliphatic rings. The van der Waals surface area contributed by atoms with E-state index in [9.17, 15) is 8.42 Å². The molecule has 3 N–H and O–H groups in total. The van der Waals surface area contributed by atoms with Crippen LogP contribution in [0.2, 0.25) is 0 Å². The molecule has 0 heterocycles. The van der Waals surface area contributed by atoms with E-state index in [1.165, 1.54) is 51.4 Å². The van der Waals surface area contributed by atoms with Crippen molar-refractivity contribution in [2.75, 3.05) is 0 Å². The van der Waals surface area contributed by atoms with Crippen LogP contribution in [-0.2, 0) is 14.9 Å². The van der Waals surface area contributed by atoms with Gasteiger partial charge in [0.15, 0.2) is 0 Å². The van der Waals surface area contributed by atoms with Crippen LogP contribution >= 0.6 is 0 Å². The third kappa shape index (κ3) is 10.6. The molecule has 162 valence electrons. The highest BCUT2D eigenvalue weighted by molar-refractivity contribution is 7.89. The van der Waals surface area contributed by atoms with Gasteiger partial charge in [0.05, 0.1) is 11.0 Å². The molecule has 2 atom stereocenters. The number of benzene rings is 1. The predicted octanol–water partition coefficient (Wildman–Crippen LogP) is 5.31. The summed E-state index contributed by atoms with van der Waals surface area (Å²) >= 11 is 0. The highest BCUT2D eigenvalue weighted by atomic mass is 32.2. The van der Waals surface area contributed by atoms with Crippen molar-refractivity contribution in [1.29, 1.82) is 0 Å². The molecule has 0 bridgehead atoms. The molecule has 0 amide bonds. The first-order valence-corrected chi connectivity index (χ1v) is 12.5. The maximum absolute atomic E-state index is 12.3. The van der Waals surface area contributed by atoms with E-state index in [1.54, 1.807) is 30.3 Å². The van der Waals surface area contributed by atoms with E-state index >= 15 is 0 Å². The van der Waals surface area contributed by atoms with Crippen molar-refractivity contribution >= 4 is 10.0 Å². The smallest absolute Gasteiger partial charge is 0.262 e. The fraction of sp³-hybridized carbons (Fsp3) is 0.727. The molecule has 0 aliphatic heterocycles. The summed E-state index contributed by atoms with van der Waals surface area (Å²) in [4.78, 5) is 7.99. The molecule has 0 spiro atoms. The second kappa shape index (κ2) is 15.0. The minimum atomic E-state index is -3.68. The number of rotatable bonds is 17. The first kappa shape index (κ1) is 25.1. The van der Waals surface area contributed by atoms with Crippen molar-refractivity contribution in [2.24, 2.45) is 5.73 Å². The van der Waals surface area contributed by atoms with Crippen LogP contribution in [0, 0.1) is 0 Å². The molecule has 6 heteroatoms. The molecule has 0 aliphatic carbocycles. The summed E-state index contributed by atoms with van der Waals surface area (Å²) in [6.07, 6.45) is 13.9. The maximum Gasteiger partial charge on any atom is 0.262 e. The predicted molar refractivity (Wildman–Crippen MR) is 116 cm³/mol. The van der Waals surface area contributed by atoms with Gasteiger partial charge in [0.25, 0.3) is 10.0 Å². The zero-order chi connectivity index (χ0) is 20.7. The molecular formula is C22H40N2O3S. The lowest BCUT2D eigenvalue weighted by atomic mass is 10.0. The van der Waals surface area contributed by atoms with E-state index in [-0.39, 0.29) is 17.0 Å². The largest absolute Gasteiger partial charge is 0.325 e. The summed E-state index contributed by atoms with van der Waals surface area (Å²) < 4.78 is 24.6. The summed E-state index contributed by atoms with van der Waals surface area (Å²) in [5, 5.41) is 0. The Hall–Kier alpha value is -0.950. The number of sulfonamides is 1. The van der Waals surface area contributed by atoms with E-state index < -0.39 is 10.0 Å². The quantitative estimate of drug-likeness (QED) is 0.268. The van der Waals surface area contributed by atoms with Gasteiger partial charge in [0.1, 0.15) is 0 Å². The van der Waals surface area contributed by atoms with Gasteiger partial charge < -0.3 is 5.73 Å². The normalized spacial score (nSPS) is 14.1. The highest BCUT2D eigenvalue weighted by Crippen LogP contribution is 2.15. The van der Waals surface area contributed by atoms with Crippen LogP contribution < -0.4 is 10.6 Å². The number of hydrogen-bond acceptors (Lipinski definition) is 4. The molecule has 1 aromatic rings. The summed E-state index contributed by atoms with van der Waals surface area (Å²) in [5.41, 5.74) is 6.15. The fourth-order valence-electron chi connectivity index (χ4n) is 3.23. The second-order valence-electron chi connectivity index (χ2n) is 7.60. The minimum absolute atomic E-state index is 0.183. The van der Waals surface area contributed by atoms with Crippen molar-refractivity contribution in [3.05, 3.63) is 30.3 Å². The van der Waals surface area contributed by atoms with E-state index in [2.05, 4.69) is 11.8 Å². The van der Waals surface area contributed by atoms with Crippen molar-refractivity contribution in [3.63, 3.8) is 0 Å². The van der Waals surface area contributed by atoms with E-state index in [0.29, 0.717) is 0 Å². The summed E-state index contributed by atoms with van der Waals surface area (Å²) in [6.45, 7) is 4.24. The van der Waals surface area contributed by atoms with Crippen LogP contribution in [0.5, 0.6) is 0 Å². The Kier molecular flexibility index (Phi) is 13.4. The van der Waals surface area contributed by atoms with Crippen molar-refractivity contribution < 1.29 is 13.3 Å². The Morgan fingerprint density at radius 3 is 1.96 bits per heavy atom. The topological polar surface area (TPSA) is 81.4 Å². The third-order valence-corrected chi connectivity index (χ3v) is 6.36. The SMILES string of the molecule is CCCCCCCCCCCCC(ONS(=O)(=O)c1ccccc1)C(N)CC. The number of hydrogen-bond donors (Lipinski definition) is 2. The lowest BCUT2D eigenvalue weighted by Crippen LogP contribution is -2.41. The molecule has 2 unspecified atom stereocenters. The van der Waals surface area contributed by atoms with Gasteiger partial charge in [-0.05, 0) is 25.0 Å². The van der Waals surface area contributed by atoms with Crippen molar-refractivity contribution in [1.82, 2.24) is 4.89 Å². The van der Waals surface area contributed by atoms with Gasteiger partial charge in [0.2, 0.25) is 0 Å². The fourth-order valence-corrected chi connectivity index (χ4v) is 4.09.